The van der Waals surface area contributed by atoms with Crippen LogP contribution in [0, 0.1) is 13.8 Å². The molecule has 1 aromatic carbocycles. The molecular formula is C20H23ClN2O4. The molecule has 3 rings (SSSR count). The average Bonchev–Trinajstić information content (AvgIpc) is 3.25. The van der Waals surface area contributed by atoms with Crippen molar-refractivity contribution in [1.82, 2.24) is 4.57 Å². The van der Waals surface area contributed by atoms with E-state index in [1.807, 2.05) is 19.9 Å². The van der Waals surface area contributed by atoms with Gasteiger partial charge in [-0.25, -0.2) is 4.79 Å². The maximum absolute atomic E-state index is 12.6. The van der Waals surface area contributed by atoms with Crippen LogP contribution < -0.4 is 5.73 Å². The highest BCUT2D eigenvalue weighted by atomic mass is 35.5. The highest BCUT2D eigenvalue weighted by Gasteiger charge is 2.22. The summed E-state index contributed by atoms with van der Waals surface area (Å²) in [5.41, 5.74) is 8.65. The lowest BCUT2D eigenvalue weighted by molar-refractivity contribution is 0.0474. The number of esters is 1. The van der Waals surface area contributed by atoms with Crippen molar-refractivity contribution in [2.75, 3.05) is 18.9 Å². The normalized spacial score (nSPS) is 16.5. The SMILES string of the molecule is Cc1cc(C(=O)COC(=O)c2ccc(Cl)c(N)c2)c(C)n1C[C@@H]1CCCO1. The number of benzene rings is 1. The number of ketones is 1. The largest absolute Gasteiger partial charge is 0.454 e. The van der Waals surface area contributed by atoms with E-state index in [0.29, 0.717) is 10.6 Å². The second-order valence-electron chi connectivity index (χ2n) is 6.77. The van der Waals surface area contributed by atoms with Gasteiger partial charge in [0.15, 0.2) is 6.61 Å². The number of hydrogen-bond donors (Lipinski definition) is 1. The standard InChI is InChI=1S/C20H23ClN2O4/c1-12-8-16(13(2)23(12)10-15-4-3-7-26-15)19(24)11-27-20(25)14-5-6-17(21)18(22)9-14/h5-6,8-9,15H,3-4,7,10-11,22H2,1-2H3/t15-/m0/s1. The number of nitrogens with two attached hydrogens (primary N) is 1. The van der Waals surface area contributed by atoms with Crippen LogP contribution in [0.5, 0.6) is 0 Å². The molecule has 0 radical (unpaired) electrons. The summed E-state index contributed by atoms with van der Waals surface area (Å²) in [4.78, 5) is 24.7. The monoisotopic (exact) mass is 390 g/mol. The summed E-state index contributed by atoms with van der Waals surface area (Å²) < 4.78 is 12.9. The molecule has 0 saturated carbocycles. The summed E-state index contributed by atoms with van der Waals surface area (Å²) in [6, 6.07) is 6.30. The summed E-state index contributed by atoms with van der Waals surface area (Å²) in [7, 11) is 0. The molecule has 7 heteroatoms. The number of Topliss-reactive ketones (excluding diaryl/α,β-unsaturated/α-hetero) is 1. The number of carbonyl (C=O) groups excluding carboxylic acids is 2. The first-order chi connectivity index (χ1) is 12.9. The van der Waals surface area contributed by atoms with E-state index in [0.717, 1.165) is 37.4 Å². The third kappa shape index (κ3) is 4.34. The number of rotatable bonds is 6. The second kappa shape index (κ2) is 8.15. The Kier molecular flexibility index (Phi) is 5.87. The lowest BCUT2D eigenvalue weighted by Crippen LogP contribution is -2.18. The highest BCUT2D eigenvalue weighted by Crippen LogP contribution is 2.22. The van der Waals surface area contributed by atoms with Crippen molar-refractivity contribution in [2.24, 2.45) is 0 Å². The van der Waals surface area contributed by atoms with Crippen LogP contribution in [0.15, 0.2) is 24.3 Å². The Bertz CT molecular complexity index is 869. The molecule has 27 heavy (non-hydrogen) atoms. The number of aromatic nitrogens is 1. The lowest BCUT2D eigenvalue weighted by atomic mass is 10.1. The van der Waals surface area contributed by atoms with Crippen molar-refractivity contribution in [3.63, 3.8) is 0 Å². The van der Waals surface area contributed by atoms with E-state index in [1.165, 1.54) is 18.2 Å². The van der Waals surface area contributed by atoms with E-state index < -0.39 is 5.97 Å². The van der Waals surface area contributed by atoms with E-state index in [1.54, 1.807) is 0 Å². The van der Waals surface area contributed by atoms with Crippen molar-refractivity contribution in [3.8, 4) is 0 Å². The summed E-state index contributed by atoms with van der Waals surface area (Å²) >= 11 is 5.85. The van der Waals surface area contributed by atoms with E-state index in [9.17, 15) is 9.59 Å². The Balaban J connectivity index is 1.65. The van der Waals surface area contributed by atoms with Gasteiger partial charge in [0.2, 0.25) is 5.78 Å². The predicted octanol–water partition coefficient (Wildman–Crippen LogP) is 3.56. The molecule has 0 spiro atoms. The molecule has 2 aromatic rings. The van der Waals surface area contributed by atoms with E-state index in [-0.39, 0.29) is 29.7 Å². The Morgan fingerprint density at radius 1 is 1.33 bits per heavy atom. The van der Waals surface area contributed by atoms with Crippen LogP contribution in [0.2, 0.25) is 5.02 Å². The first-order valence-electron chi connectivity index (χ1n) is 8.90. The molecule has 6 nitrogen and oxygen atoms in total. The first kappa shape index (κ1) is 19.5. The topological polar surface area (TPSA) is 83.5 Å². The molecule has 1 fully saturated rings. The quantitative estimate of drug-likeness (QED) is 0.463. The lowest BCUT2D eigenvalue weighted by Gasteiger charge is -2.14. The third-order valence-electron chi connectivity index (χ3n) is 4.85. The molecule has 1 atom stereocenters. The van der Waals surface area contributed by atoms with Gasteiger partial charge in [-0.15, -0.1) is 0 Å². The van der Waals surface area contributed by atoms with Gasteiger partial charge in [-0.1, -0.05) is 11.6 Å². The van der Waals surface area contributed by atoms with Crippen molar-refractivity contribution in [2.45, 2.75) is 39.3 Å². The Hall–Kier alpha value is -2.31. The minimum atomic E-state index is -0.611. The van der Waals surface area contributed by atoms with Crippen LogP contribution in [-0.4, -0.2) is 35.6 Å². The van der Waals surface area contributed by atoms with Gasteiger partial charge in [0, 0.05) is 30.1 Å². The van der Waals surface area contributed by atoms with Gasteiger partial charge in [-0.05, 0) is 51.0 Å². The first-order valence-corrected chi connectivity index (χ1v) is 9.28. The number of ether oxygens (including phenoxy) is 2. The van der Waals surface area contributed by atoms with E-state index >= 15 is 0 Å². The molecular weight excluding hydrogens is 368 g/mol. The maximum Gasteiger partial charge on any atom is 0.338 e. The van der Waals surface area contributed by atoms with Crippen LogP contribution >= 0.6 is 11.6 Å². The zero-order valence-corrected chi connectivity index (χ0v) is 16.2. The number of nitrogens with zero attached hydrogens (tertiary/aromatic N) is 1. The van der Waals surface area contributed by atoms with E-state index in [2.05, 4.69) is 4.57 Å². The fourth-order valence-electron chi connectivity index (χ4n) is 3.32. The maximum atomic E-state index is 12.6. The number of hydrogen-bond acceptors (Lipinski definition) is 5. The van der Waals surface area contributed by atoms with Crippen molar-refractivity contribution in [1.29, 1.82) is 0 Å². The Labute approximate surface area is 163 Å². The molecule has 144 valence electrons. The Morgan fingerprint density at radius 2 is 2.11 bits per heavy atom. The molecule has 1 aromatic heterocycles. The van der Waals surface area contributed by atoms with Crippen LogP contribution in [0.25, 0.3) is 0 Å². The number of aryl methyl sites for hydroxylation is 1. The van der Waals surface area contributed by atoms with Crippen molar-refractivity contribution in [3.05, 3.63) is 51.8 Å². The minimum absolute atomic E-state index is 0.186. The third-order valence-corrected chi connectivity index (χ3v) is 5.19. The molecule has 1 aliphatic heterocycles. The molecule has 0 bridgehead atoms. The zero-order chi connectivity index (χ0) is 19.6. The average molecular weight is 391 g/mol. The smallest absolute Gasteiger partial charge is 0.338 e. The van der Waals surface area contributed by atoms with Gasteiger partial charge in [0.05, 0.1) is 22.4 Å². The highest BCUT2D eigenvalue weighted by molar-refractivity contribution is 6.33. The van der Waals surface area contributed by atoms with Crippen LogP contribution in [0.1, 0.15) is 44.9 Å². The summed E-state index contributed by atoms with van der Waals surface area (Å²) in [6.45, 7) is 5.06. The molecule has 0 aliphatic carbocycles. The van der Waals surface area contributed by atoms with Gasteiger partial charge < -0.3 is 19.8 Å². The number of halogens is 1. The van der Waals surface area contributed by atoms with Crippen molar-refractivity contribution < 1.29 is 19.1 Å². The van der Waals surface area contributed by atoms with Gasteiger partial charge in [-0.3, -0.25) is 4.79 Å². The molecule has 1 aliphatic rings. The number of nitrogen functional groups attached to an aromatic ring is 1. The number of carbonyl (C=O) groups is 2. The fourth-order valence-corrected chi connectivity index (χ4v) is 3.44. The summed E-state index contributed by atoms with van der Waals surface area (Å²) in [6.07, 6.45) is 2.29. The predicted molar refractivity (Wildman–Crippen MR) is 103 cm³/mol. The Morgan fingerprint density at radius 3 is 2.78 bits per heavy atom. The molecule has 0 amide bonds. The van der Waals surface area contributed by atoms with Crippen molar-refractivity contribution >= 4 is 29.0 Å². The van der Waals surface area contributed by atoms with E-state index in [4.69, 9.17) is 26.8 Å². The van der Waals surface area contributed by atoms with Crippen LogP contribution in [-0.2, 0) is 16.0 Å². The van der Waals surface area contributed by atoms with Gasteiger partial charge in [0.1, 0.15) is 0 Å². The zero-order valence-electron chi connectivity index (χ0n) is 15.5. The minimum Gasteiger partial charge on any atom is -0.454 e. The van der Waals surface area contributed by atoms with Crippen LogP contribution in [0.3, 0.4) is 0 Å². The second-order valence-corrected chi connectivity index (χ2v) is 7.17. The fraction of sp³-hybridized carbons (Fsp3) is 0.400. The van der Waals surface area contributed by atoms with Gasteiger partial charge >= 0.3 is 5.97 Å². The number of anilines is 1. The molecule has 1 saturated heterocycles. The molecule has 0 unspecified atom stereocenters. The summed E-state index contributed by atoms with van der Waals surface area (Å²) in [5.74, 6) is -0.850. The summed E-state index contributed by atoms with van der Waals surface area (Å²) in [5, 5.41) is 0.362. The van der Waals surface area contributed by atoms with Gasteiger partial charge in [-0.2, -0.15) is 0 Å². The molecule has 2 heterocycles. The molecule has 2 N–H and O–H groups in total. The van der Waals surface area contributed by atoms with Crippen LogP contribution in [0.4, 0.5) is 5.69 Å². The van der Waals surface area contributed by atoms with Gasteiger partial charge in [0.25, 0.3) is 0 Å².